The minimum Gasteiger partial charge on any atom is -0.878 e. The molecule has 2 nitrogen and oxygen atoms in total. The first-order valence-corrected chi connectivity index (χ1v) is 3.59. The molecule has 52 valence electrons. The van der Waals surface area contributed by atoms with E-state index in [4.69, 9.17) is 0 Å². The molecule has 0 saturated carbocycles. The molecule has 1 aromatic heterocycles. The van der Waals surface area contributed by atoms with Gasteiger partial charge in [-0.25, -0.2) is 0 Å². The molecule has 10 heavy (non-hydrogen) atoms. The van der Waals surface area contributed by atoms with Crippen molar-refractivity contribution in [3.8, 4) is 0 Å². The number of hydrogen-bond donors (Lipinski definition) is 0. The predicted molar refractivity (Wildman–Crippen MR) is 37.8 cm³/mol. The first-order chi connectivity index (χ1) is 4.84. The van der Waals surface area contributed by atoms with Crippen LogP contribution in [0.15, 0.2) is 29.9 Å². The quantitative estimate of drug-likeness (QED) is 0.358. The van der Waals surface area contributed by atoms with Crippen molar-refractivity contribution in [1.29, 1.82) is 0 Å². The maximum atomic E-state index is 10.8. The van der Waals surface area contributed by atoms with Gasteiger partial charge < -0.3 is 5.11 Å². The van der Waals surface area contributed by atoms with Crippen LogP contribution >= 0.6 is 11.3 Å². The second-order valence-electron chi connectivity index (χ2n) is 1.64. The lowest BCUT2D eigenvalue weighted by molar-refractivity contribution is -0.274. The number of carbonyl (C=O) groups excluding carboxylic acids is 1. The Labute approximate surface area is 62.4 Å². The van der Waals surface area contributed by atoms with Gasteiger partial charge in [0.05, 0.1) is 4.88 Å². The Hall–Kier alpha value is -1.09. The lowest BCUT2D eigenvalue weighted by Gasteiger charge is -1.88. The monoisotopic (exact) mass is 153 g/mol. The molecule has 0 spiro atoms. The summed E-state index contributed by atoms with van der Waals surface area (Å²) in [7, 11) is 0. The normalized spacial score (nSPS) is 10.4. The van der Waals surface area contributed by atoms with E-state index in [1.807, 2.05) is 0 Å². The predicted octanol–water partition coefficient (Wildman–Crippen LogP) is 0.805. The van der Waals surface area contributed by atoms with Gasteiger partial charge in [0.2, 0.25) is 0 Å². The van der Waals surface area contributed by atoms with Crippen LogP contribution < -0.4 is 5.11 Å². The SMILES string of the molecule is O=C(/C=C/[O-])c1cccs1. The summed E-state index contributed by atoms with van der Waals surface area (Å²) in [6.07, 6.45) is 1.52. The number of ketones is 1. The molecule has 1 heterocycles. The highest BCUT2D eigenvalue weighted by Gasteiger charge is 1.98. The first kappa shape index (κ1) is 7.02. The first-order valence-electron chi connectivity index (χ1n) is 2.71. The summed E-state index contributed by atoms with van der Waals surface area (Å²) in [5.74, 6) is -0.218. The molecule has 0 bridgehead atoms. The van der Waals surface area contributed by atoms with Gasteiger partial charge in [-0.05, 0) is 17.5 Å². The van der Waals surface area contributed by atoms with Crippen molar-refractivity contribution in [3.63, 3.8) is 0 Å². The Morgan fingerprint density at radius 1 is 1.70 bits per heavy atom. The third-order valence-electron chi connectivity index (χ3n) is 0.983. The van der Waals surface area contributed by atoms with Crippen molar-refractivity contribution in [1.82, 2.24) is 0 Å². The van der Waals surface area contributed by atoms with Gasteiger partial charge in [-0.1, -0.05) is 6.07 Å². The summed E-state index contributed by atoms with van der Waals surface area (Å²) < 4.78 is 0. The van der Waals surface area contributed by atoms with Gasteiger partial charge in [0.1, 0.15) is 0 Å². The minimum absolute atomic E-state index is 0.218. The summed E-state index contributed by atoms with van der Waals surface area (Å²) >= 11 is 1.33. The van der Waals surface area contributed by atoms with E-state index in [2.05, 4.69) is 0 Å². The van der Waals surface area contributed by atoms with Crippen LogP contribution in [0.5, 0.6) is 0 Å². The second-order valence-corrected chi connectivity index (χ2v) is 2.59. The third kappa shape index (κ3) is 1.45. The van der Waals surface area contributed by atoms with E-state index in [0.717, 1.165) is 6.08 Å². The van der Waals surface area contributed by atoms with Crippen molar-refractivity contribution < 1.29 is 9.90 Å². The Bertz CT molecular complexity index is 236. The molecular weight excluding hydrogens is 148 g/mol. The number of rotatable bonds is 2. The smallest absolute Gasteiger partial charge is 0.194 e. The Morgan fingerprint density at radius 3 is 3.00 bits per heavy atom. The summed E-state index contributed by atoms with van der Waals surface area (Å²) in [4.78, 5) is 11.4. The zero-order valence-electron chi connectivity index (χ0n) is 5.11. The van der Waals surface area contributed by atoms with Crippen molar-refractivity contribution in [2.24, 2.45) is 0 Å². The highest BCUT2D eigenvalue weighted by atomic mass is 32.1. The molecule has 0 aliphatic heterocycles. The molecule has 0 aromatic carbocycles. The Morgan fingerprint density at radius 2 is 2.50 bits per heavy atom. The standard InChI is InChI=1S/C7H6O2S/c8-4-3-6(9)7-2-1-5-10-7/h1-5,8H/p-1/b4-3+. The molecule has 0 saturated heterocycles. The number of carbonyl (C=O) groups is 1. The summed E-state index contributed by atoms with van der Waals surface area (Å²) in [5, 5.41) is 11.6. The maximum Gasteiger partial charge on any atom is 0.194 e. The van der Waals surface area contributed by atoms with Crippen LogP contribution in [-0.2, 0) is 0 Å². The van der Waals surface area contributed by atoms with E-state index in [1.165, 1.54) is 11.3 Å². The zero-order chi connectivity index (χ0) is 7.40. The Balaban J connectivity index is 2.78. The van der Waals surface area contributed by atoms with Crippen molar-refractivity contribution >= 4 is 17.1 Å². The van der Waals surface area contributed by atoms with Gasteiger partial charge in [-0.3, -0.25) is 4.79 Å². The van der Waals surface area contributed by atoms with Gasteiger partial charge >= 0.3 is 0 Å². The van der Waals surface area contributed by atoms with Crippen molar-refractivity contribution in [2.75, 3.05) is 0 Å². The highest BCUT2D eigenvalue weighted by Crippen LogP contribution is 2.08. The van der Waals surface area contributed by atoms with Crippen LogP contribution in [0.3, 0.4) is 0 Å². The molecule has 0 atom stereocenters. The lowest BCUT2D eigenvalue weighted by Crippen LogP contribution is -1.93. The fourth-order valence-corrected chi connectivity index (χ4v) is 1.21. The number of hydrogen-bond acceptors (Lipinski definition) is 3. The van der Waals surface area contributed by atoms with Gasteiger partial charge in [-0.15, -0.1) is 17.6 Å². The van der Waals surface area contributed by atoms with Gasteiger partial charge in [0, 0.05) is 0 Å². The molecule has 0 aliphatic carbocycles. The average molecular weight is 153 g/mol. The van der Waals surface area contributed by atoms with Crippen LogP contribution in [0, 0.1) is 0 Å². The second kappa shape index (κ2) is 3.17. The fraction of sp³-hybridized carbons (Fsp3) is 0. The Kier molecular flexibility index (Phi) is 2.23. The molecule has 0 unspecified atom stereocenters. The van der Waals surface area contributed by atoms with Gasteiger partial charge in [0.25, 0.3) is 0 Å². The zero-order valence-corrected chi connectivity index (χ0v) is 5.93. The molecule has 0 aliphatic rings. The van der Waals surface area contributed by atoms with E-state index < -0.39 is 0 Å². The van der Waals surface area contributed by atoms with E-state index in [9.17, 15) is 9.90 Å². The molecule has 0 radical (unpaired) electrons. The van der Waals surface area contributed by atoms with Gasteiger partial charge in [0.15, 0.2) is 5.78 Å². The maximum absolute atomic E-state index is 10.8. The lowest BCUT2D eigenvalue weighted by atomic mass is 10.3. The minimum atomic E-state index is -0.218. The molecule has 0 fully saturated rings. The van der Waals surface area contributed by atoms with Crippen LogP contribution in [0.4, 0.5) is 0 Å². The van der Waals surface area contributed by atoms with Crippen LogP contribution in [0.2, 0.25) is 0 Å². The molecule has 0 N–H and O–H groups in total. The summed E-state index contributed by atoms with van der Waals surface area (Å²) in [6.45, 7) is 0. The van der Waals surface area contributed by atoms with E-state index in [-0.39, 0.29) is 5.78 Å². The van der Waals surface area contributed by atoms with Crippen LogP contribution in [-0.4, -0.2) is 5.78 Å². The average Bonchev–Trinajstić information content (AvgIpc) is 2.38. The molecule has 1 rings (SSSR count). The topological polar surface area (TPSA) is 40.1 Å². The van der Waals surface area contributed by atoms with Crippen molar-refractivity contribution in [2.45, 2.75) is 0 Å². The third-order valence-corrected chi connectivity index (χ3v) is 1.87. The summed E-state index contributed by atoms with van der Waals surface area (Å²) in [5.41, 5.74) is 0. The van der Waals surface area contributed by atoms with E-state index in [0.29, 0.717) is 11.1 Å². The van der Waals surface area contributed by atoms with Crippen molar-refractivity contribution in [3.05, 3.63) is 34.7 Å². The number of allylic oxidation sites excluding steroid dienone is 1. The van der Waals surface area contributed by atoms with E-state index in [1.54, 1.807) is 17.5 Å². The fourth-order valence-electron chi connectivity index (χ4n) is 0.563. The molecule has 0 amide bonds. The van der Waals surface area contributed by atoms with Crippen LogP contribution in [0.25, 0.3) is 0 Å². The molecule has 1 aromatic rings. The largest absolute Gasteiger partial charge is 0.878 e. The van der Waals surface area contributed by atoms with Crippen LogP contribution in [0.1, 0.15) is 9.67 Å². The highest BCUT2D eigenvalue weighted by molar-refractivity contribution is 7.12. The molecular formula is C7H5O2S-. The van der Waals surface area contributed by atoms with E-state index >= 15 is 0 Å². The number of thiophene rings is 1. The van der Waals surface area contributed by atoms with Gasteiger partial charge in [-0.2, -0.15) is 0 Å². The summed E-state index contributed by atoms with van der Waals surface area (Å²) in [6, 6.07) is 3.46. The molecule has 3 heteroatoms.